The Bertz CT molecular complexity index is 556. The van der Waals surface area contributed by atoms with Crippen LogP contribution in [0.25, 0.3) is 0 Å². The van der Waals surface area contributed by atoms with Crippen molar-refractivity contribution in [2.45, 2.75) is 6.92 Å². The molecular formula is C14H10F2O. The van der Waals surface area contributed by atoms with Gasteiger partial charge in [-0.2, -0.15) is 0 Å². The molecule has 2 rings (SSSR count). The first-order valence-electron chi connectivity index (χ1n) is 5.14. The Kier molecular flexibility index (Phi) is 3.00. The topological polar surface area (TPSA) is 17.1 Å². The number of aryl methyl sites for hydroxylation is 1. The van der Waals surface area contributed by atoms with Crippen LogP contribution in [0.15, 0.2) is 42.5 Å². The zero-order valence-electron chi connectivity index (χ0n) is 9.21. The lowest BCUT2D eigenvalue weighted by Crippen LogP contribution is -2.04. The largest absolute Gasteiger partial charge is 0.288 e. The molecule has 2 aromatic rings. The fourth-order valence-corrected chi connectivity index (χ4v) is 1.67. The van der Waals surface area contributed by atoms with Crippen LogP contribution in [0.3, 0.4) is 0 Å². The zero-order chi connectivity index (χ0) is 12.4. The standard InChI is InChI=1S/C14H10F2O/c1-9-6-10(8-11(15)7-9)14(17)12-4-2-3-5-13(12)16/h2-8H,1H3. The molecule has 0 aliphatic carbocycles. The van der Waals surface area contributed by atoms with Crippen LogP contribution in [0, 0.1) is 18.6 Å². The van der Waals surface area contributed by atoms with E-state index in [1.807, 2.05) is 0 Å². The molecule has 0 N–H and O–H groups in total. The summed E-state index contributed by atoms with van der Waals surface area (Å²) in [5.74, 6) is -1.60. The second kappa shape index (κ2) is 4.45. The van der Waals surface area contributed by atoms with E-state index in [9.17, 15) is 13.6 Å². The maximum absolute atomic E-state index is 13.4. The van der Waals surface area contributed by atoms with Gasteiger partial charge in [0.15, 0.2) is 5.78 Å². The molecule has 0 saturated heterocycles. The number of carbonyl (C=O) groups excluding carboxylic acids is 1. The van der Waals surface area contributed by atoms with Gasteiger partial charge in [-0.05, 0) is 42.8 Å². The van der Waals surface area contributed by atoms with Gasteiger partial charge in [-0.15, -0.1) is 0 Å². The van der Waals surface area contributed by atoms with Crippen molar-refractivity contribution in [1.29, 1.82) is 0 Å². The highest BCUT2D eigenvalue weighted by atomic mass is 19.1. The van der Waals surface area contributed by atoms with Crippen LogP contribution in [0.2, 0.25) is 0 Å². The second-order valence-corrected chi connectivity index (χ2v) is 3.83. The molecule has 3 heteroatoms. The Labute approximate surface area is 97.7 Å². The summed E-state index contributed by atoms with van der Waals surface area (Å²) < 4.78 is 26.6. The molecule has 0 heterocycles. The van der Waals surface area contributed by atoms with E-state index in [2.05, 4.69) is 0 Å². The lowest BCUT2D eigenvalue weighted by Gasteiger charge is -2.04. The van der Waals surface area contributed by atoms with Crippen LogP contribution in [-0.4, -0.2) is 5.78 Å². The van der Waals surface area contributed by atoms with Gasteiger partial charge in [0.25, 0.3) is 0 Å². The fraction of sp³-hybridized carbons (Fsp3) is 0.0714. The molecular weight excluding hydrogens is 222 g/mol. The van der Waals surface area contributed by atoms with E-state index in [1.54, 1.807) is 13.0 Å². The van der Waals surface area contributed by atoms with Gasteiger partial charge in [-0.3, -0.25) is 4.79 Å². The van der Waals surface area contributed by atoms with Crippen LogP contribution in [-0.2, 0) is 0 Å². The Morgan fingerprint density at radius 1 is 1.06 bits per heavy atom. The third-order valence-corrected chi connectivity index (χ3v) is 2.42. The number of benzene rings is 2. The number of carbonyl (C=O) groups is 1. The van der Waals surface area contributed by atoms with Gasteiger partial charge < -0.3 is 0 Å². The summed E-state index contributed by atoms with van der Waals surface area (Å²) in [6, 6.07) is 9.64. The quantitative estimate of drug-likeness (QED) is 0.724. The van der Waals surface area contributed by atoms with E-state index >= 15 is 0 Å². The molecule has 0 radical (unpaired) electrons. The van der Waals surface area contributed by atoms with Crippen LogP contribution in [0.5, 0.6) is 0 Å². The zero-order valence-corrected chi connectivity index (χ0v) is 9.21. The van der Waals surface area contributed by atoms with Crippen LogP contribution in [0.1, 0.15) is 21.5 Å². The molecule has 0 aliphatic rings. The minimum Gasteiger partial charge on any atom is -0.288 e. The smallest absolute Gasteiger partial charge is 0.196 e. The molecule has 0 spiro atoms. The molecule has 17 heavy (non-hydrogen) atoms. The molecule has 2 aromatic carbocycles. The summed E-state index contributed by atoms with van der Waals surface area (Å²) in [5.41, 5.74) is 0.745. The number of hydrogen-bond acceptors (Lipinski definition) is 1. The molecule has 1 nitrogen and oxygen atoms in total. The van der Waals surface area contributed by atoms with Gasteiger partial charge in [0.05, 0.1) is 5.56 Å². The van der Waals surface area contributed by atoms with E-state index < -0.39 is 17.4 Å². The minimum atomic E-state index is -0.598. The van der Waals surface area contributed by atoms with Gasteiger partial charge in [-0.25, -0.2) is 8.78 Å². The first kappa shape index (κ1) is 11.5. The summed E-state index contributed by atoms with van der Waals surface area (Å²) in [6.07, 6.45) is 0. The Morgan fingerprint density at radius 3 is 2.41 bits per heavy atom. The first-order valence-corrected chi connectivity index (χ1v) is 5.14. The third-order valence-electron chi connectivity index (χ3n) is 2.42. The van der Waals surface area contributed by atoms with Gasteiger partial charge in [0.2, 0.25) is 0 Å². The van der Waals surface area contributed by atoms with Gasteiger partial charge in [0.1, 0.15) is 11.6 Å². The number of ketones is 1. The Hall–Kier alpha value is -2.03. The minimum absolute atomic E-state index is 0.0440. The normalized spacial score (nSPS) is 10.3. The summed E-state index contributed by atoms with van der Waals surface area (Å²) in [7, 11) is 0. The van der Waals surface area contributed by atoms with Crippen LogP contribution < -0.4 is 0 Å². The summed E-state index contributed by atoms with van der Waals surface area (Å²) >= 11 is 0. The van der Waals surface area contributed by atoms with E-state index in [1.165, 1.54) is 30.3 Å². The monoisotopic (exact) mass is 232 g/mol. The number of halogens is 2. The third kappa shape index (κ3) is 2.38. The lowest BCUT2D eigenvalue weighted by atomic mass is 10.0. The van der Waals surface area contributed by atoms with Gasteiger partial charge in [-0.1, -0.05) is 12.1 Å². The molecule has 0 amide bonds. The van der Waals surface area contributed by atoms with Crippen molar-refractivity contribution in [3.63, 3.8) is 0 Å². The van der Waals surface area contributed by atoms with Crippen molar-refractivity contribution in [1.82, 2.24) is 0 Å². The summed E-state index contributed by atoms with van der Waals surface area (Å²) in [4.78, 5) is 12.0. The van der Waals surface area contributed by atoms with Gasteiger partial charge >= 0.3 is 0 Å². The van der Waals surface area contributed by atoms with Crippen LogP contribution >= 0.6 is 0 Å². The molecule has 86 valence electrons. The van der Waals surface area contributed by atoms with Gasteiger partial charge in [0, 0.05) is 5.56 Å². The maximum Gasteiger partial charge on any atom is 0.196 e. The lowest BCUT2D eigenvalue weighted by molar-refractivity contribution is 0.103. The summed E-state index contributed by atoms with van der Waals surface area (Å²) in [6.45, 7) is 1.68. The van der Waals surface area contributed by atoms with Crippen molar-refractivity contribution >= 4 is 5.78 Å². The molecule has 0 aromatic heterocycles. The van der Waals surface area contributed by atoms with Crippen molar-refractivity contribution in [3.05, 3.63) is 70.8 Å². The van der Waals surface area contributed by atoms with Crippen molar-refractivity contribution in [2.24, 2.45) is 0 Å². The van der Waals surface area contributed by atoms with E-state index in [0.29, 0.717) is 5.56 Å². The van der Waals surface area contributed by atoms with E-state index in [0.717, 1.165) is 6.07 Å². The molecule has 0 bridgehead atoms. The average molecular weight is 232 g/mol. The first-order chi connectivity index (χ1) is 8.08. The number of rotatable bonds is 2. The number of hydrogen-bond donors (Lipinski definition) is 0. The molecule has 0 aliphatic heterocycles. The predicted octanol–water partition coefficient (Wildman–Crippen LogP) is 3.50. The molecule has 0 fully saturated rings. The molecule has 0 saturated carbocycles. The fourth-order valence-electron chi connectivity index (χ4n) is 1.67. The average Bonchev–Trinajstić information content (AvgIpc) is 2.27. The van der Waals surface area contributed by atoms with Crippen molar-refractivity contribution in [2.75, 3.05) is 0 Å². The summed E-state index contributed by atoms with van der Waals surface area (Å²) in [5, 5.41) is 0. The predicted molar refractivity (Wildman–Crippen MR) is 61.0 cm³/mol. The Balaban J connectivity index is 2.48. The van der Waals surface area contributed by atoms with Crippen molar-refractivity contribution in [3.8, 4) is 0 Å². The highest BCUT2D eigenvalue weighted by Gasteiger charge is 2.14. The molecule has 0 unspecified atom stereocenters. The SMILES string of the molecule is Cc1cc(F)cc(C(=O)c2ccccc2F)c1. The maximum atomic E-state index is 13.4. The highest BCUT2D eigenvalue weighted by molar-refractivity contribution is 6.09. The van der Waals surface area contributed by atoms with E-state index in [4.69, 9.17) is 0 Å². The van der Waals surface area contributed by atoms with E-state index in [-0.39, 0.29) is 11.1 Å². The highest BCUT2D eigenvalue weighted by Crippen LogP contribution is 2.15. The molecule has 0 atom stereocenters. The Morgan fingerprint density at radius 2 is 1.76 bits per heavy atom. The second-order valence-electron chi connectivity index (χ2n) is 3.83. The van der Waals surface area contributed by atoms with Crippen LogP contribution in [0.4, 0.5) is 8.78 Å². The van der Waals surface area contributed by atoms with Crippen molar-refractivity contribution < 1.29 is 13.6 Å².